The van der Waals surface area contributed by atoms with Gasteiger partial charge in [-0.3, -0.25) is 0 Å². The predicted molar refractivity (Wildman–Crippen MR) is 33.5 cm³/mol. The molecular weight excluding hydrogens is 364 g/mol. The van der Waals surface area contributed by atoms with Crippen LogP contribution >= 0.6 is 0 Å². The number of ether oxygens (including phenoxy) is 1. The zero-order valence-corrected chi connectivity index (χ0v) is 9.40. The molecular formula is C6H12O3Pu. The van der Waals surface area contributed by atoms with Crippen molar-refractivity contribution in [3.63, 3.8) is 0 Å². The second kappa shape index (κ2) is 9.26. The molecule has 0 heterocycles. The van der Waals surface area contributed by atoms with Crippen molar-refractivity contribution in [1.82, 2.24) is 0 Å². The van der Waals surface area contributed by atoms with Crippen molar-refractivity contribution < 1.29 is 43.8 Å². The fourth-order valence-corrected chi connectivity index (χ4v) is 0.512. The average Bonchev–Trinajstić information content (AvgIpc) is 1.80. The van der Waals surface area contributed by atoms with Gasteiger partial charge in [-0.1, -0.05) is 19.8 Å². The van der Waals surface area contributed by atoms with Crippen LogP contribution in [0.25, 0.3) is 0 Å². The van der Waals surface area contributed by atoms with Gasteiger partial charge in [0, 0.05) is 29.2 Å². The third kappa shape index (κ3) is 11.1. The summed E-state index contributed by atoms with van der Waals surface area (Å²) in [6.07, 6.45) is 1.78. The Morgan fingerprint density at radius 2 is 2.10 bits per heavy atom. The van der Waals surface area contributed by atoms with Gasteiger partial charge in [0.25, 0.3) is 0 Å². The maximum absolute atomic E-state index is 9.74. The van der Waals surface area contributed by atoms with E-state index in [1.807, 2.05) is 0 Å². The summed E-state index contributed by atoms with van der Waals surface area (Å²) in [7, 11) is 0. The Labute approximate surface area is 82.7 Å². The van der Waals surface area contributed by atoms with E-state index in [9.17, 15) is 4.79 Å². The van der Waals surface area contributed by atoms with Crippen molar-refractivity contribution in [1.29, 1.82) is 0 Å². The Morgan fingerprint density at radius 1 is 1.50 bits per heavy atom. The third-order valence-electron chi connectivity index (χ3n) is 0.973. The molecule has 0 aliphatic carbocycles. The Bertz CT molecular complexity index is 85.1. The normalized spacial score (nSPS) is 8.10. The number of hydrogen-bond acceptors (Lipinski definition) is 2. The van der Waals surface area contributed by atoms with Crippen LogP contribution in [0.1, 0.15) is 26.2 Å². The minimum atomic E-state index is -1.17. The molecule has 10 heavy (non-hydrogen) atoms. The molecule has 0 aromatic rings. The van der Waals surface area contributed by atoms with Gasteiger partial charge in [-0.25, -0.2) is 4.79 Å². The van der Waals surface area contributed by atoms with Crippen LogP contribution in [-0.4, -0.2) is 17.9 Å². The summed E-state index contributed by atoms with van der Waals surface area (Å²) in [5, 5.41) is 7.99. The molecule has 4 heteroatoms. The molecule has 0 rings (SSSR count). The Hall–Kier alpha value is 0.257. The topological polar surface area (TPSA) is 46.5 Å². The quantitative estimate of drug-likeness (QED) is 0.602. The summed E-state index contributed by atoms with van der Waals surface area (Å²) in [6, 6.07) is 0. The zero-order valence-electron chi connectivity index (χ0n) is 6.00. The van der Waals surface area contributed by atoms with E-state index in [-0.39, 0.29) is 29.2 Å². The Balaban J connectivity index is 0. The van der Waals surface area contributed by atoms with Crippen molar-refractivity contribution in [2.45, 2.75) is 26.2 Å². The molecule has 0 aliphatic rings. The summed E-state index contributed by atoms with van der Waals surface area (Å²) >= 11 is 0. The Morgan fingerprint density at radius 3 is 2.50 bits per heavy atom. The van der Waals surface area contributed by atoms with Crippen molar-refractivity contribution >= 4 is 6.16 Å². The van der Waals surface area contributed by atoms with E-state index in [1.54, 1.807) is 0 Å². The minimum Gasteiger partial charge on any atom is -0.450 e. The van der Waals surface area contributed by atoms with Crippen LogP contribution in [0.3, 0.4) is 0 Å². The van der Waals surface area contributed by atoms with Crippen LogP contribution in [0, 0.1) is 29.2 Å². The fraction of sp³-hybridized carbons (Fsp3) is 0.833. The van der Waals surface area contributed by atoms with E-state index < -0.39 is 6.16 Å². The van der Waals surface area contributed by atoms with Gasteiger partial charge in [-0.15, -0.1) is 0 Å². The van der Waals surface area contributed by atoms with Gasteiger partial charge in [0.2, 0.25) is 0 Å². The van der Waals surface area contributed by atoms with Gasteiger partial charge in [-0.2, -0.15) is 0 Å². The van der Waals surface area contributed by atoms with E-state index in [2.05, 4.69) is 11.7 Å². The molecule has 0 saturated carbocycles. The molecule has 0 atom stereocenters. The number of carboxylic acid groups (broad SMARTS) is 1. The van der Waals surface area contributed by atoms with Gasteiger partial charge in [0.15, 0.2) is 0 Å². The first-order chi connectivity index (χ1) is 4.27. The number of hydrogen-bond donors (Lipinski definition) is 1. The number of rotatable bonds is 4. The monoisotopic (exact) mass is 370 g/mol. The van der Waals surface area contributed by atoms with Crippen LogP contribution in [0.2, 0.25) is 0 Å². The average molecular weight is 376 g/mol. The maximum Gasteiger partial charge on any atom is 0.505 e. The predicted octanol–water partition coefficient (Wildman–Crippen LogP) is 1.87. The van der Waals surface area contributed by atoms with Crippen LogP contribution in [-0.2, 0) is 4.74 Å². The molecule has 0 amide bonds. The molecule has 0 aliphatic heterocycles. The van der Waals surface area contributed by atoms with Crippen LogP contribution < -0.4 is 0 Å². The Kier molecular flexibility index (Phi) is 11.9. The van der Waals surface area contributed by atoms with Crippen molar-refractivity contribution in [2.24, 2.45) is 0 Å². The van der Waals surface area contributed by atoms with E-state index >= 15 is 0 Å². The van der Waals surface area contributed by atoms with Crippen LogP contribution in [0.4, 0.5) is 4.79 Å². The van der Waals surface area contributed by atoms with Gasteiger partial charge < -0.3 is 9.84 Å². The first kappa shape index (κ1) is 12.9. The maximum atomic E-state index is 9.74. The summed E-state index contributed by atoms with van der Waals surface area (Å²) in [4.78, 5) is 9.74. The first-order valence-electron chi connectivity index (χ1n) is 3.13. The minimum absolute atomic E-state index is 0. The second-order valence-corrected chi connectivity index (χ2v) is 1.82. The molecule has 0 unspecified atom stereocenters. The molecule has 0 bridgehead atoms. The van der Waals surface area contributed by atoms with Crippen molar-refractivity contribution in [2.75, 3.05) is 6.61 Å². The van der Waals surface area contributed by atoms with Crippen LogP contribution in [0.15, 0.2) is 0 Å². The molecule has 60 valence electrons. The SMILES string of the molecule is CCCCCOC(=O)O.[Pu]. The molecule has 0 aromatic heterocycles. The zero-order chi connectivity index (χ0) is 7.11. The largest absolute Gasteiger partial charge is 0.505 e. The number of carbonyl (C=O) groups is 1. The molecule has 1 N–H and O–H groups in total. The van der Waals surface area contributed by atoms with Crippen molar-refractivity contribution in [3.05, 3.63) is 0 Å². The van der Waals surface area contributed by atoms with Gasteiger partial charge in [-0.05, 0) is 6.42 Å². The van der Waals surface area contributed by atoms with Gasteiger partial charge >= 0.3 is 6.16 Å². The van der Waals surface area contributed by atoms with E-state index in [0.29, 0.717) is 6.61 Å². The summed E-state index contributed by atoms with van der Waals surface area (Å²) < 4.78 is 4.26. The first-order valence-corrected chi connectivity index (χ1v) is 3.13. The smallest absolute Gasteiger partial charge is 0.450 e. The third-order valence-corrected chi connectivity index (χ3v) is 0.973. The number of unbranched alkanes of at least 4 members (excludes halogenated alkanes) is 2. The molecule has 0 fully saturated rings. The van der Waals surface area contributed by atoms with E-state index in [1.165, 1.54) is 0 Å². The fourth-order valence-electron chi connectivity index (χ4n) is 0.512. The molecule has 0 radical (unpaired) electrons. The van der Waals surface area contributed by atoms with Crippen molar-refractivity contribution in [3.8, 4) is 0 Å². The molecule has 3 nitrogen and oxygen atoms in total. The summed E-state index contributed by atoms with van der Waals surface area (Å²) in [5.74, 6) is 0. The molecule has 0 spiro atoms. The summed E-state index contributed by atoms with van der Waals surface area (Å²) in [5.41, 5.74) is 0. The van der Waals surface area contributed by atoms with Gasteiger partial charge in [0.1, 0.15) is 0 Å². The van der Waals surface area contributed by atoms with Gasteiger partial charge in [0.05, 0.1) is 6.61 Å². The molecule has 0 saturated heterocycles. The van der Waals surface area contributed by atoms with Crippen LogP contribution in [0.5, 0.6) is 0 Å². The summed E-state index contributed by atoms with van der Waals surface area (Å²) in [6.45, 7) is 2.39. The standard InChI is InChI=1S/C6H12O3.Pu/c1-2-3-4-5-9-6(7)8;/h2-5H2,1H3,(H,7,8);. The second-order valence-electron chi connectivity index (χ2n) is 1.82. The van der Waals surface area contributed by atoms with E-state index in [4.69, 9.17) is 5.11 Å². The molecule has 0 aromatic carbocycles. The van der Waals surface area contributed by atoms with E-state index in [0.717, 1.165) is 19.3 Å².